The van der Waals surface area contributed by atoms with Gasteiger partial charge in [0, 0.05) is 0 Å². The quantitative estimate of drug-likeness (QED) is 0.460. The second-order valence-electron chi connectivity index (χ2n) is 0.963. The molecule has 1 heterocycles. The predicted molar refractivity (Wildman–Crippen MR) is 19.8 cm³/mol. The molecule has 0 N–H and O–H groups in total. The largest absolute Gasteiger partial charge is 0.203 e. The lowest BCUT2D eigenvalue weighted by Crippen LogP contribution is -1.84. The first-order chi connectivity index (χ1) is 3.39. The number of rotatable bonds is 0. The van der Waals surface area contributed by atoms with Crippen LogP contribution in [0.5, 0.6) is 0 Å². The van der Waals surface area contributed by atoms with Crippen LogP contribution in [0.15, 0.2) is 12.4 Å². The Hall–Kier alpha value is -1.06. The Kier molecular flexibility index (Phi) is 0.934. The Labute approximate surface area is 39.2 Å². The van der Waals surface area contributed by atoms with Crippen LogP contribution in [-0.4, -0.2) is 15.4 Å². The molecule has 0 saturated carbocycles. The van der Waals surface area contributed by atoms with Crippen LogP contribution in [0.25, 0.3) is 0 Å². The smallest absolute Gasteiger partial charge is 0.163 e. The normalized spacial score (nSPS) is 8.71. The van der Waals surface area contributed by atoms with Gasteiger partial charge in [0.1, 0.15) is 0 Å². The third-order valence-electron chi connectivity index (χ3n) is 0.465. The predicted octanol–water partition coefficient (Wildman–Crippen LogP) is 0.0107. The molecular weight excluding hydrogens is 97.1 g/mol. The summed E-state index contributed by atoms with van der Waals surface area (Å²) in [4.78, 5) is 0. The van der Waals surface area contributed by atoms with Crippen LogP contribution < -0.4 is 0 Å². The summed E-state index contributed by atoms with van der Waals surface area (Å²) in [6.07, 6.45) is 1.99. The van der Waals surface area contributed by atoms with Crippen molar-refractivity contribution in [1.29, 1.82) is 0 Å². The van der Waals surface area contributed by atoms with Crippen molar-refractivity contribution in [2.75, 3.05) is 0 Å². The second kappa shape index (κ2) is 1.59. The summed E-state index contributed by atoms with van der Waals surface area (Å²) in [5.41, 5.74) is 0. The van der Waals surface area contributed by atoms with E-state index in [4.69, 9.17) is 0 Å². The first-order valence-electron chi connectivity index (χ1n) is 1.68. The molecular formula is C3H2FN3. The van der Waals surface area contributed by atoms with E-state index < -0.39 is 5.82 Å². The summed E-state index contributed by atoms with van der Waals surface area (Å²) in [6, 6.07) is 0. The number of aromatic nitrogens is 3. The highest BCUT2D eigenvalue weighted by atomic mass is 19.1. The Balaban J connectivity index is 3.02. The van der Waals surface area contributed by atoms with Crippen molar-refractivity contribution in [1.82, 2.24) is 15.4 Å². The minimum absolute atomic E-state index is 0.463. The number of nitrogens with zero attached hydrogens (tertiary/aromatic N) is 3. The van der Waals surface area contributed by atoms with Crippen LogP contribution >= 0.6 is 0 Å². The van der Waals surface area contributed by atoms with E-state index in [1.54, 1.807) is 0 Å². The van der Waals surface area contributed by atoms with E-state index in [2.05, 4.69) is 15.4 Å². The Morgan fingerprint density at radius 1 is 1.29 bits per heavy atom. The maximum absolute atomic E-state index is 11.7. The fourth-order valence-electron chi connectivity index (χ4n) is 0.225. The summed E-state index contributed by atoms with van der Waals surface area (Å²) >= 11 is 0. The molecule has 0 atom stereocenters. The Morgan fingerprint density at radius 2 is 1.86 bits per heavy atom. The maximum atomic E-state index is 11.7. The molecule has 36 valence electrons. The highest BCUT2D eigenvalue weighted by Crippen LogP contribution is 1.82. The minimum atomic E-state index is -0.463. The number of halogens is 1. The molecule has 1 rings (SSSR count). The molecule has 1 aromatic rings. The third-order valence-corrected chi connectivity index (χ3v) is 0.465. The molecule has 0 spiro atoms. The van der Waals surface area contributed by atoms with Crippen LogP contribution in [-0.2, 0) is 0 Å². The first kappa shape index (κ1) is 4.11. The fraction of sp³-hybridized carbons (Fsp3) is 0. The topological polar surface area (TPSA) is 38.7 Å². The van der Waals surface area contributed by atoms with Gasteiger partial charge in [-0.05, 0) is 5.21 Å². The van der Waals surface area contributed by atoms with Gasteiger partial charge >= 0.3 is 0 Å². The molecule has 0 aliphatic rings. The lowest BCUT2D eigenvalue weighted by atomic mass is 10.7. The number of hydrogen-bond donors (Lipinski definition) is 0. The monoisotopic (exact) mass is 99.0 g/mol. The van der Waals surface area contributed by atoms with Gasteiger partial charge in [-0.3, -0.25) is 0 Å². The van der Waals surface area contributed by atoms with E-state index >= 15 is 0 Å². The Morgan fingerprint density at radius 3 is 2.14 bits per heavy atom. The van der Waals surface area contributed by atoms with Crippen molar-refractivity contribution >= 4 is 0 Å². The van der Waals surface area contributed by atoms with Gasteiger partial charge in [-0.1, -0.05) is 0 Å². The molecule has 0 aliphatic carbocycles. The van der Waals surface area contributed by atoms with E-state index in [9.17, 15) is 4.39 Å². The van der Waals surface area contributed by atoms with Gasteiger partial charge < -0.3 is 0 Å². The molecule has 0 aromatic carbocycles. The van der Waals surface area contributed by atoms with Crippen LogP contribution in [0, 0.1) is 5.82 Å². The minimum Gasteiger partial charge on any atom is -0.203 e. The Bertz CT molecular complexity index is 140. The van der Waals surface area contributed by atoms with E-state index in [1.165, 1.54) is 0 Å². The van der Waals surface area contributed by atoms with Gasteiger partial charge in [0.05, 0.1) is 12.4 Å². The molecule has 7 heavy (non-hydrogen) atoms. The van der Waals surface area contributed by atoms with Crippen LogP contribution in [0.2, 0.25) is 0 Å². The molecule has 0 radical (unpaired) electrons. The average molecular weight is 99.1 g/mol. The first-order valence-corrected chi connectivity index (χ1v) is 1.68. The standard InChI is InChI=1S/C3H2FN3/c4-3-1-5-7-6-2-3/h1-2H. The zero-order chi connectivity index (χ0) is 5.11. The summed E-state index contributed by atoms with van der Waals surface area (Å²) in [6.45, 7) is 0. The van der Waals surface area contributed by atoms with Gasteiger partial charge in [0.25, 0.3) is 0 Å². The van der Waals surface area contributed by atoms with E-state index in [1.807, 2.05) is 0 Å². The summed E-state index contributed by atoms with van der Waals surface area (Å²) < 4.78 is 11.7. The molecule has 0 fully saturated rings. The fourth-order valence-corrected chi connectivity index (χ4v) is 0.225. The van der Waals surface area contributed by atoms with Crippen molar-refractivity contribution in [3.63, 3.8) is 0 Å². The molecule has 0 bridgehead atoms. The van der Waals surface area contributed by atoms with Crippen molar-refractivity contribution in [2.24, 2.45) is 0 Å². The van der Waals surface area contributed by atoms with E-state index in [-0.39, 0.29) is 0 Å². The van der Waals surface area contributed by atoms with Crippen LogP contribution in [0.3, 0.4) is 0 Å². The lowest BCUT2D eigenvalue weighted by molar-refractivity contribution is 0.597. The molecule has 0 unspecified atom stereocenters. The van der Waals surface area contributed by atoms with Crippen LogP contribution in [0.4, 0.5) is 4.39 Å². The van der Waals surface area contributed by atoms with E-state index in [0.29, 0.717) is 0 Å². The summed E-state index contributed by atoms with van der Waals surface area (Å²) in [5.74, 6) is -0.463. The molecule has 0 amide bonds. The molecule has 0 saturated heterocycles. The third kappa shape index (κ3) is 0.887. The SMILES string of the molecule is Fc1cnnnc1. The zero-order valence-corrected chi connectivity index (χ0v) is 3.37. The zero-order valence-electron chi connectivity index (χ0n) is 3.37. The second-order valence-corrected chi connectivity index (χ2v) is 0.963. The van der Waals surface area contributed by atoms with Gasteiger partial charge in [0.2, 0.25) is 0 Å². The van der Waals surface area contributed by atoms with Crippen LogP contribution in [0.1, 0.15) is 0 Å². The highest BCUT2D eigenvalue weighted by molar-refractivity contribution is 4.76. The molecule has 0 aliphatic heterocycles. The number of hydrogen-bond acceptors (Lipinski definition) is 3. The van der Waals surface area contributed by atoms with Gasteiger partial charge in [-0.15, -0.1) is 10.2 Å². The summed E-state index contributed by atoms with van der Waals surface area (Å²) in [7, 11) is 0. The molecule has 4 heteroatoms. The highest BCUT2D eigenvalue weighted by Gasteiger charge is 1.81. The van der Waals surface area contributed by atoms with Gasteiger partial charge in [-0.25, -0.2) is 4.39 Å². The average Bonchev–Trinajstić information content (AvgIpc) is 1.69. The molecule has 1 aromatic heterocycles. The van der Waals surface area contributed by atoms with Crippen molar-refractivity contribution in [3.05, 3.63) is 18.2 Å². The summed E-state index contributed by atoms with van der Waals surface area (Å²) in [5, 5.41) is 9.40. The van der Waals surface area contributed by atoms with Crippen molar-refractivity contribution in [3.8, 4) is 0 Å². The van der Waals surface area contributed by atoms with Gasteiger partial charge in [0.15, 0.2) is 5.82 Å². The van der Waals surface area contributed by atoms with Crippen molar-refractivity contribution in [2.45, 2.75) is 0 Å². The lowest BCUT2D eigenvalue weighted by Gasteiger charge is -1.75. The molecule has 3 nitrogen and oxygen atoms in total. The van der Waals surface area contributed by atoms with E-state index in [0.717, 1.165) is 12.4 Å². The maximum Gasteiger partial charge on any atom is 0.163 e. The van der Waals surface area contributed by atoms with Crippen molar-refractivity contribution < 1.29 is 4.39 Å². The van der Waals surface area contributed by atoms with Gasteiger partial charge in [-0.2, -0.15) is 0 Å².